The van der Waals surface area contributed by atoms with Gasteiger partial charge in [-0.1, -0.05) is 0 Å². The van der Waals surface area contributed by atoms with Gasteiger partial charge in [0, 0.05) is 17.3 Å². The van der Waals surface area contributed by atoms with Crippen LogP contribution < -0.4 is 5.32 Å². The Labute approximate surface area is 124 Å². The van der Waals surface area contributed by atoms with Crippen LogP contribution in [0.1, 0.15) is 32.3 Å². The van der Waals surface area contributed by atoms with Crippen LogP contribution in [-0.2, 0) is 4.74 Å². The molecule has 2 aromatic rings. The molecule has 0 spiro atoms. The molecule has 5 heteroatoms. The third kappa shape index (κ3) is 3.24. The normalized spacial score (nSPS) is 25.8. The van der Waals surface area contributed by atoms with Gasteiger partial charge < -0.3 is 14.5 Å². The second-order valence-corrected chi connectivity index (χ2v) is 5.84. The van der Waals surface area contributed by atoms with Crippen molar-refractivity contribution in [1.29, 1.82) is 0 Å². The quantitative estimate of drug-likeness (QED) is 0.937. The largest absolute Gasteiger partial charge is 0.423 e. The molecule has 2 unspecified atom stereocenters. The molecule has 112 valence electrons. The molecule has 21 heavy (non-hydrogen) atoms. The van der Waals surface area contributed by atoms with Crippen LogP contribution in [0.2, 0.25) is 0 Å². The first-order chi connectivity index (χ1) is 10.1. The van der Waals surface area contributed by atoms with Crippen LogP contribution in [0.5, 0.6) is 0 Å². The predicted molar refractivity (Wildman–Crippen MR) is 81.1 cm³/mol. The zero-order chi connectivity index (χ0) is 14.8. The summed E-state index contributed by atoms with van der Waals surface area (Å²) in [5.41, 5.74) is 3.28. The highest BCUT2D eigenvalue weighted by Gasteiger charge is 2.24. The summed E-state index contributed by atoms with van der Waals surface area (Å²) in [5.74, 6) is 0.554. The SMILES string of the molecule is Cc1cc(-c2nnco2)ccc1NC1CC(C)OC(C)C1. The van der Waals surface area contributed by atoms with Crippen molar-refractivity contribution in [1.82, 2.24) is 10.2 Å². The summed E-state index contributed by atoms with van der Waals surface area (Å²) in [6, 6.07) is 6.62. The molecule has 3 rings (SSSR count). The second kappa shape index (κ2) is 5.85. The fourth-order valence-electron chi connectivity index (χ4n) is 3.00. The van der Waals surface area contributed by atoms with Crippen molar-refractivity contribution < 1.29 is 9.15 Å². The zero-order valence-corrected chi connectivity index (χ0v) is 12.7. The molecule has 2 heterocycles. The Morgan fingerprint density at radius 2 is 1.95 bits per heavy atom. The number of aromatic nitrogens is 2. The monoisotopic (exact) mass is 287 g/mol. The number of nitrogens with zero attached hydrogens (tertiary/aromatic N) is 2. The molecule has 5 nitrogen and oxygen atoms in total. The van der Waals surface area contributed by atoms with E-state index < -0.39 is 0 Å². The molecule has 1 saturated heterocycles. The van der Waals surface area contributed by atoms with Gasteiger partial charge in [0.05, 0.1) is 12.2 Å². The number of hydrogen-bond donors (Lipinski definition) is 1. The standard InChI is InChI=1S/C16H21N3O2/c1-10-6-13(16-19-17-9-20-16)4-5-15(10)18-14-7-11(2)21-12(3)8-14/h4-6,9,11-12,14,18H,7-8H2,1-3H3. The maximum atomic E-state index is 5.78. The van der Waals surface area contributed by atoms with Crippen LogP contribution in [0.4, 0.5) is 5.69 Å². The van der Waals surface area contributed by atoms with Gasteiger partial charge in [-0.25, -0.2) is 0 Å². The van der Waals surface area contributed by atoms with Gasteiger partial charge in [-0.15, -0.1) is 10.2 Å². The Bertz CT molecular complexity index is 588. The molecule has 0 aliphatic carbocycles. The Kier molecular flexibility index (Phi) is 3.92. The molecular formula is C16H21N3O2. The fraction of sp³-hybridized carbons (Fsp3) is 0.500. The van der Waals surface area contributed by atoms with E-state index in [2.05, 4.69) is 48.4 Å². The van der Waals surface area contributed by atoms with Gasteiger partial charge in [0.15, 0.2) is 0 Å². The topological polar surface area (TPSA) is 60.2 Å². The summed E-state index contributed by atoms with van der Waals surface area (Å²) in [4.78, 5) is 0. The predicted octanol–water partition coefficient (Wildman–Crippen LogP) is 3.41. The van der Waals surface area contributed by atoms with Crippen LogP contribution in [0.25, 0.3) is 11.5 Å². The van der Waals surface area contributed by atoms with E-state index in [9.17, 15) is 0 Å². The molecular weight excluding hydrogens is 266 g/mol. The van der Waals surface area contributed by atoms with Gasteiger partial charge in [-0.05, 0) is 57.4 Å². The molecule has 1 aliphatic heterocycles. The first-order valence-electron chi connectivity index (χ1n) is 7.41. The van der Waals surface area contributed by atoms with E-state index in [0.29, 0.717) is 24.1 Å². The molecule has 0 radical (unpaired) electrons. The third-order valence-corrected chi connectivity index (χ3v) is 3.89. The lowest BCUT2D eigenvalue weighted by molar-refractivity contribution is -0.0337. The van der Waals surface area contributed by atoms with E-state index >= 15 is 0 Å². The van der Waals surface area contributed by atoms with Crippen molar-refractivity contribution in [2.75, 3.05) is 5.32 Å². The molecule has 0 bridgehead atoms. The first-order valence-corrected chi connectivity index (χ1v) is 7.41. The number of ether oxygens (including phenoxy) is 1. The molecule has 1 fully saturated rings. The number of benzene rings is 1. The average Bonchev–Trinajstić information content (AvgIpc) is 2.94. The summed E-state index contributed by atoms with van der Waals surface area (Å²) < 4.78 is 11.0. The van der Waals surface area contributed by atoms with Gasteiger partial charge in [-0.3, -0.25) is 0 Å². The minimum atomic E-state index is 0.309. The van der Waals surface area contributed by atoms with Crippen LogP contribution in [0, 0.1) is 6.92 Å². The van der Waals surface area contributed by atoms with Crippen molar-refractivity contribution >= 4 is 5.69 Å². The van der Waals surface area contributed by atoms with Crippen molar-refractivity contribution in [3.63, 3.8) is 0 Å². The van der Waals surface area contributed by atoms with Gasteiger partial charge >= 0.3 is 0 Å². The van der Waals surface area contributed by atoms with E-state index in [1.54, 1.807) is 0 Å². The highest BCUT2D eigenvalue weighted by atomic mass is 16.5. The molecule has 1 N–H and O–H groups in total. The number of hydrogen-bond acceptors (Lipinski definition) is 5. The van der Waals surface area contributed by atoms with E-state index in [1.165, 1.54) is 12.0 Å². The Morgan fingerprint density at radius 3 is 2.57 bits per heavy atom. The van der Waals surface area contributed by atoms with Crippen molar-refractivity contribution in [3.05, 3.63) is 30.2 Å². The van der Waals surface area contributed by atoms with Gasteiger partial charge in [0.1, 0.15) is 0 Å². The van der Waals surface area contributed by atoms with Crippen molar-refractivity contribution in [2.24, 2.45) is 0 Å². The number of aryl methyl sites for hydroxylation is 1. The summed E-state index contributed by atoms with van der Waals surface area (Å²) in [6.07, 6.45) is 4.04. The smallest absolute Gasteiger partial charge is 0.247 e. The van der Waals surface area contributed by atoms with Gasteiger partial charge in [0.2, 0.25) is 12.3 Å². The minimum Gasteiger partial charge on any atom is -0.423 e. The maximum Gasteiger partial charge on any atom is 0.247 e. The zero-order valence-electron chi connectivity index (χ0n) is 12.7. The third-order valence-electron chi connectivity index (χ3n) is 3.89. The lowest BCUT2D eigenvalue weighted by Gasteiger charge is -2.33. The average molecular weight is 287 g/mol. The lowest BCUT2D eigenvalue weighted by atomic mass is 9.99. The van der Waals surface area contributed by atoms with E-state index in [1.807, 2.05) is 6.07 Å². The summed E-state index contributed by atoms with van der Waals surface area (Å²) in [6.45, 7) is 6.36. The lowest BCUT2D eigenvalue weighted by Crippen LogP contribution is -2.37. The van der Waals surface area contributed by atoms with E-state index in [-0.39, 0.29) is 0 Å². The Balaban J connectivity index is 1.74. The Morgan fingerprint density at radius 1 is 1.19 bits per heavy atom. The number of nitrogens with one attached hydrogen (secondary N) is 1. The van der Waals surface area contributed by atoms with Gasteiger partial charge in [-0.2, -0.15) is 0 Å². The molecule has 0 amide bonds. The second-order valence-electron chi connectivity index (χ2n) is 5.84. The van der Waals surface area contributed by atoms with Crippen molar-refractivity contribution in [3.8, 4) is 11.5 Å². The van der Waals surface area contributed by atoms with E-state index in [4.69, 9.17) is 9.15 Å². The molecule has 1 aromatic heterocycles. The van der Waals surface area contributed by atoms with Crippen LogP contribution in [0.15, 0.2) is 29.0 Å². The molecule has 1 aromatic carbocycles. The number of rotatable bonds is 3. The van der Waals surface area contributed by atoms with E-state index in [0.717, 1.165) is 24.1 Å². The molecule has 1 aliphatic rings. The number of anilines is 1. The van der Waals surface area contributed by atoms with Crippen LogP contribution in [0.3, 0.4) is 0 Å². The highest BCUT2D eigenvalue weighted by molar-refractivity contribution is 5.62. The summed E-state index contributed by atoms with van der Waals surface area (Å²) in [5, 5.41) is 11.3. The Hall–Kier alpha value is -1.88. The fourth-order valence-corrected chi connectivity index (χ4v) is 3.00. The van der Waals surface area contributed by atoms with Crippen molar-refractivity contribution in [2.45, 2.75) is 51.9 Å². The van der Waals surface area contributed by atoms with Crippen LogP contribution in [-0.4, -0.2) is 28.4 Å². The molecule has 0 saturated carbocycles. The summed E-state index contributed by atoms with van der Waals surface area (Å²) >= 11 is 0. The molecule has 2 atom stereocenters. The highest BCUT2D eigenvalue weighted by Crippen LogP contribution is 2.27. The summed E-state index contributed by atoms with van der Waals surface area (Å²) in [7, 11) is 0. The maximum absolute atomic E-state index is 5.78. The van der Waals surface area contributed by atoms with Gasteiger partial charge in [0.25, 0.3) is 0 Å². The minimum absolute atomic E-state index is 0.309. The first kappa shape index (κ1) is 14.1. The van der Waals surface area contributed by atoms with Crippen LogP contribution >= 0.6 is 0 Å².